The molecule has 0 aliphatic carbocycles. The van der Waals surface area contributed by atoms with Crippen LogP contribution in [0.3, 0.4) is 0 Å². The molecule has 83 heavy (non-hydrogen) atoms. The van der Waals surface area contributed by atoms with E-state index in [-0.39, 0.29) is 32.1 Å². The van der Waals surface area contributed by atoms with Crippen molar-refractivity contribution in [2.75, 3.05) is 26.4 Å². The van der Waals surface area contributed by atoms with E-state index in [1.54, 1.807) is 0 Å². The third kappa shape index (κ3) is 70.0. The molecular formula is C73H146NO8P. The number of phosphoric acid groups is 1. The van der Waals surface area contributed by atoms with E-state index in [9.17, 15) is 19.0 Å². The first-order valence-electron chi connectivity index (χ1n) is 37.5. The molecule has 0 aliphatic rings. The first-order valence-corrected chi connectivity index (χ1v) is 39.0. The summed E-state index contributed by atoms with van der Waals surface area (Å²) in [6.45, 7) is 3.85. The third-order valence-corrected chi connectivity index (χ3v) is 18.5. The van der Waals surface area contributed by atoms with Crippen LogP contribution >= 0.6 is 7.82 Å². The van der Waals surface area contributed by atoms with Gasteiger partial charge in [-0.2, -0.15) is 0 Å². The number of carbonyl (C=O) groups is 2. The lowest BCUT2D eigenvalue weighted by atomic mass is 10.0. The van der Waals surface area contributed by atoms with Gasteiger partial charge >= 0.3 is 19.8 Å². The normalized spacial score (nSPS) is 12.8. The Morgan fingerprint density at radius 2 is 0.518 bits per heavy atom. The minimum atomic E-state index is -4.39. The van der Waals surface area contributed by atoms with Crippen LogP contribution in [0.2, 0.25) is 0 Å². The molecule has 2 atom stereocenters. The van der Waals surface area contributed by atoms with E-state index >= 15 is 0 Å². The van der Waals surface area contributed by atoms with Crippen molar-refractivity contribution in [1.82, 2.24) is 0 Å². The highest BCUT2D eigenvalue weighted by Crippen LogP contribution is 2.43. The van der Waals surface area contributed by atoms with Crippen molar-refractivity contribution in [2.45, 2.75) is 431 Å². The number of esters is 2. The standard InChI is InChI=1S/C73H146NO8P/c1-3-5-7-9-11-13-15-17-19-21-23-25-27-29-30-31-32-33-34-35-36-37-38-39-40-41-42-44-46-48-50-52-54-56-58-60-62-64-66-73(76)82-71(70-81-83(77,78)80-68-67-74)69-79-72(75)65-63-61-59-57-55-53-51-49-47-45-43-28-26-24-22-20-18-16-14-12-10-8-6-4-2/h71H,3-70,74H2,1-2H3,(H,77,78). The van der Waals surface area contributed by atoms with Gasteiger partial charge in [0.25, 0.3) is 0 Å². The van der Waals surface area contributed by atoms with E-state index in [0.29, 0.717) is 12.8 Å². The highest BCUT2D eigenvalue weighted by atomic mass is 31.2. The first kappa shape index (κ1) is 82.0. The number of unbranched alkanes of at least 4 members (excludes halogenated alkanes) is 60. The summed E-state index contributed by atoms with van der Waals surface area (Å²) in [5.74, 6) is -0.796. The van der Waals surface area contributed by atoms with Crippen molar-refractivity contribution < 1.29 is 37.6 Å². The Balaban J connectivity index is 3.73. The minimum Gasteiger partial charge on any atom is -0.462 e. The number of carbonyl (C=O) groups excluding carboxylic acids is 2. The molecule has 0 aromatic rings. The minimum absolute atomic E-state index is 0.0589. The number of rotatable bonds is 73. The van der Waals surface area contributed by atoms with Crippen LogP contribution < -0.4 is 5.73 Å². The maximum atomic E-state index is 12.8. The Morgan fingerprint density at radius 3 is 0.735 bits per heavy atom. The molecule has 0 radical (unpaired) electrons. The van der Waals surface area contributed by atoms with Crippen LogP contribution in [0, 0.1) is 0 Å². The Bertz CT molecular complexity index is 1320. The maximum Gasteiger partial charge on any atom is 0.472 e. The fourth-order valence-electron chi connectivity index (χ4n) is 11.9. The third-order valence-electron chi connectivity index (χ3n) is 17.5. The predicted molar refractivity (Wildman–Crippen MR) is 358 cm³/mol. The molecule has 0 saturated carbocycles. The molecule has 0 spiro atoms. The van der Waals surface area contributed by atoms with Gasteiger partial charge in [0.05, 0.1) is 13.2 Å². The Morgan fingerprint density at radius 1 is 0.313 bits per heavy atom. The van der Waals surface area contributed by atoms with Gasteiger partial charge in [0.2, 0.25) is 0 Å². The maximum absolute atomic E-state index is 12.8. The van der Waals surface area contributed by atoms with Gasteiger partial charge in [0.1, 0.15) is 6.61 Å². The highest BCUT2D eigenvalue weighted by Gasteiger charge is 2.26. The van der Waals surface area contributed by atoms with E-state index in [1.165, 1.54) is 360 Å². The highest BCUT2D eigenvalue weighted by molar-refractivity contribution is 7.47. The second-order valence-corrected chi connectivity index (χ2v) is 27.3. The van der Waals surface area contributed by atoms with Crippen LogP contribution in [-0.4, -0.2) is 49.3 Å². The van der Waals surface area contributed by atoms with Crippen molar-refractivity contribution >= 4 is 19.8 Å². The summed E-state index contributed by atoms with van der Waals surface area (Å²) in [4.78, 5) is 35.4. The second kappa shape index (κ2) is 70.1. The summed E-state index contributed by atoms with van der Waals surface area (Å²) in [7, 11) is -4.39. The van der Waals surface area contributed by atoms with Crippen molar-refractivity contribution in [3.8, 4) is 0 Å². The fourth-order valence-corrected chi connectivity index (χ4v) is 12.7. The fraction of sp³-hybridized carbons (Fsp3) is 0.973. The van der Waals surface area contributed by atoms with Gasteiger partial charge in [-0.05, 0) is 12.8 Å². The summed E-state index contributed by atoms with van der Waals surface area (Å²) >= 11 is 0. The SMILES string of the molecule is CCCCCCCCCCCCCCCCCCCCCCCCCCCCCCCCCCCCCCCCC(=O)OC(COC(=O)CCCCCCCCCCCCCCCCCCCCCCCCCC)COP(=O)(O)OCCN. The molecule has 0 aliphatic heterocycles. The number of hydrogen-bond acceptors (Lipinski definition) is 8. The summed E-state index contributed by atoms with van der Waals surface area (Å²) in [6, 6.07) is 0. The van der Waals surface area contributed by atoms with Gasteiger partial charge in [-0.3, -0.25) is 18.6 Å². The van der Waals surface area contributed by atoms with Crippen LogP contribution in [0.1, 0.15) is 425 Å². The van der Waals surface area contributed by atoms with Crippen LogP contribution in [0.25, 0.3) is 0 Å². The van der Waals surface area contributed by atoms with E-state index in [0.717, 1.165) is 32.1 Å². The zero-order valence-corrected chi connectivity index (χ0v) is 56.9. The second-order valence-electron chi connectivity index (χ2n) is 25.9. The average Bonchev–Trinajstić information content (AvgIpc) is 3.48. The van der Waals surface area contributed by atoms with E-state index < -0.39 is 26.5 Å². The van der Waals surface area contributed by atoms with Crippen LogP contribution in [0.4, 0.5) is 0 Å². The smallest absolute Gasteiger partial charge is 0.462 e. The molecule has 3 N–H and O–H groups in total. The summed E-state index contributed by atoms with van der Waals surface area (Å²) < 4.78 is 33.2. The number of hydrogen-bond donors (Lipinski definition) is 2. The molecule has 0 heterocycles. The molecule has 0 aromatic carbocycles. The monoisotopic (exact) mass is 1200 g/mol. The molecule has 2 unspecified atom stereocenters. The number of nitrogens with two attached hydrogens (primary N) is 1. The lowest BCUT2D eigenvalue weighted by Gasteiger charge is -2.19. The summed E-state index contributed by atoms with van der Waals surface area (Å²) in [5.41, 5.74) is 5.41. The summed E-state index contributed by atoms with van der Waals surface area (Å²) in [6.07, 6.45) is 83.8. The van der Waals surface area contributed by atoms with Crippen LogP contribution in [-0.2, 0) is 32.7 Å². The Labute approximate surface area is 517 Å². The lowest BCUT2D eigenvalue weighted by molar-refractivity contribution is -0.161. The number of ether oxygens (including phenoxy) is 2. The molecule has 496 valence electrons. The van der Waals surface area contributed by atoms with E-state index in [4.69, 9.17) is 24.3 Å². The zero-order valence-electron chi connectivity index (χ0n) is 56.0. The lowest BCUT2D eigenvalue weighted by Crippen LogP contribution is -2.29. The van der Waals surface area contributed by atoms with Gasteiger partial charge in [-0.15, -0.1) is 0 Å². The molecule has 0 saturated heterocycles. The Kier molecular flexibility index (Phi) is 69.3. The van der Waals surface area contributed by atoms with Crippen LogP contribution in [0.5, 0.6) is 0 Å². The molecule has 0 bridgehead atoms. The number of phosphoric ester groups is 1. The van der Waals surface area contributed by atoms with Gasteiger partial charge < -0.3 is 20.1 Å². The largest absolute Gasteiger partial charge is 0.472 e. The molecule has 0 fully saturated rings. The zero-order chi connectivity index (χ0) is 60.1. The van der Waals surface area contributed by atoms with E-state index in [1.807, 2.05) is 0 Å². The quantitative estimate of drug-likeness (QED) is 0.0347. The van der Waals surface area contributed by atoms with Gasteiger partial charge in [0, 0.05) is 19.4 Å². The predicted octanol–water partition coefficient (Wildman–Crippen LogP) is 24.5. The van der Waals surface area contributed by atoms with Gasteiger partial charge in [0.15, 0.2) is 6.10 Å². The molecule has 0 rings (SSSR count). The van der Waals surface area contributed by atoms with Crippen LogP contribution in [0.15, 0.2) is 0 Å². The average molecular weight is 1200 g/mol. The van der Waals surface area contributed by atoms with E-state index in [2.05, 4.69) is 13.8 Å². The molecule has 0 amide bonds. The van der Waals surface area contributed by atoms with Crippen molar-refractivity contribution in [1.29, 1.82) is 0 Å². The van der Waals surface area contributed by atoms with Crippen molar-refractivity contribution in [2.24, 2.45) is 5.73 Å². The topological polar surface area (TPSA) is 134 Å². The van der Waals surface area contributed by atoms with Gasteiger partial charge in [-0.25, -0.2) is 4.57 Å². The molecular weight excluding hydrogens is 1050 g/mol. The van der Waals surface area contributed by atoms with Crippen molar-refractivity contribution in [3.63, 3.8) is 0 Å². The van der Waals surface area contributed by atoms with Gasteiger partial charge in [-0.1, -0.05) is 399 Å². The molecule has 0 aromatic heterocycles. The molecule has 9 nitrogen and oxygen atoms in total. The molecule has 10 heteroatoms. The van der Waals surface area contributed by atoms with Crippen molar-refractivity contribution in [3.05, 3.63) is 0 Å². The summed E-state index contributed by atoms with van der Waals surface area (Å²) in [5, 5.41) is 0. The Hall–Kier alpha value is -0.990. The first-order chi connectivity index (χ1) is 40.8.